The Hall–Kier alpha value is -2.15. The summed E-state index contributed by atoms with van der Waals surface area (Å²) in [6.45, 7) is 4.12. The van der Waals surface area contributed by atoms with Crippen molar-refractivity contribution in [2.45, 2.75) is 26.2 Å². The zero-order valence-corrected chi connectivity index (χ0v) is 12.5. The molecular weight excluding hydrogens is 256 g/mol. The number of allylic oxidation sites excluding steroid dienone is 2. The van der Waals surface area contributed by atoms with Crippen molar-refractivity contribution in [3.05, 3.63) is 77.9 Å². The lowest BCUT2D eigenvalue weighted by molar-refractivity contribution is -0.123. The first-order chi connectivity index (χ1) is 10.1. The molecule has 0 amide bonds. The van der Waals surface area contributed by atoms with Crippen LogP contribution in [-0.4, -0.2) is 5.78 Å². The molecule has 2 aromatic rings. The van der Waals surface area contributed by atoms with Gasteiger partial charge in [0.05, 0.1) is 0 Å². The Morgan fingerprint density at radius 2 is 1.48 bits per heavy atom. The minimum absolute atomic E-state index is 0.224. The predicted octanol–water partition coefficient (Wildman–Crippen LogP) is 4.85. The van der Waals surface area contributed by atoms with Crippen molar-refractivity contribution in [2.24, 2.45) is 5.41 Å². The van der Waals surface area contributed by atoms with E-state index in [1.54, 1.807) is 0 Å². The van der Waals surface area contributed by atoms with E-state index in [1.807, 2.05) is 30.3 Å². The molecule has 0 heterocycles. The highest BCUT2D eigenvalue weighted by Gasteiger charge is 2.40. The highest BCUT2D eigenvalue weighted by atomic mass is 16.1. The Kier molecular flexibility index (Phi) is 3.50. The maximum Gasteiger partial charge on any atom is 0.162 e. The molecule has 1 nitrogen and oxygen atoms in total. The fourth-order valence-electron chi connectivity index (χ4n) is 3.12. The number of carbonyl (C=O) groups is 1. The van der Waals surface area contributed by atoms with Crippen LogP contribution in [0.25, 0.3) is 5.57 Å². The van der Waals surface area contributed by atoms with E-state index < -0.39 is 0 Å². The minimum Gasteiger partial charge on any atom is -0.294 e. The van der Waals surface area contributed by atoms with Gasteiger partial charge in [-0.2, -0.15) is 0 Å². The van der Waals surface area contributed by atoms with E-state index in [1.165, 1.54) is 5.56 Å². The van der Waals surface area contributed by atoms with Crippen LogP contribution < -0.4 is 0 Å². The Morgan fingerprint density at radius 3 is 2.10 bits per heavy atom. The molecule has 0 fully saturated rings. The Bertz CT molecular complexity index is 665. The van der Waals surface area contributed by atoms with Gasteiger partial charge in [0.2, 0.25) is 0 Å². The van der Waals surface area contributed by atoms with E-state index in [9.17, 15) is 4.79 Å². The molecule has 0 unspecified atom stereocenters. The van der Waals surface area contributed by atoms with Crippen molar-refractivity contribution in [1.82, 2.24) is 0 Å². The number of benzene rings is 2. The lowest BCUT2D eigenvalue weighted by Gasteiger charge is -2.37. The van der Waals surface area contributed by atoms with Gasteiger partial charge in [-0.05, 0) is 29.2 Å². The van der Waals surface area contributed by atoms with E-state index in [2.05, 4.69) is 50.2 Å². The first kappa shape index (κ1) is 13.8. The zero-order valence-electron chi connectivity index (χ0n) is 12.5. The lowest BCUT2D eigenvalue weighted by atomic mass is 9.65. The van der Waals surface area contributed by atoms with Crippen LogP contribution in [0.15, 0.2) is 66.7 Å². The number of hydrogen-bond donors (Lipinski definition) is 0. The predicted molar refractivity (Wildman–Crippen MR) is 87.0 cm³/mol. The zero-order chi connectivity index (χ0) is 14.9. The summed E-state index contributed by atoms with van der Waals surface area (Å²) < 4.78 is 0. The van der Waals surface area contributed by atoms with Gasteiger partial charge in [0.1, 0.15) is 0 Å². The fraction of sp³-hybridized carbons (Fsp3) is 0.250. The average molecular weight is 276 g/mol. The van der Waals surface area contributed by atoms with Crippen LogP contribution in [0, 0.1) is 5.41 Å². The summed E-state index contributed by atoms with van der Waals surface area (Å²) in [4.78, 5) is 12.6. The maximum absolute atomic E-state index is 12.6. The third kappa shape index (κ3) is 2.56. The summed E-state index contributed by atoms with van der Waals surface area (Å²) in [6.07, 6.45) is 2.75. The van der Waals surface area contributed by atoms with Crippen molar-refractivity contribution in [3.63, 3.8) is 0 Å². The lowest BCUT2D eigenvalue weighted by Crippen LogP contribution is -2.33. The van der Waals surface area contributed by atoms with E-state index >= 15 is 0 Å². The fourth-order valence-corrected chi connectivity index (χ4v) is 3.12. The largest absolute Gasteiger partial charge is 0.294 e. The molecule has 0 saturated heterocycles. The molecule has 2 aromatic carbocycles. The van der Waals surface area contributed by atoms with Crippen molar-refractivity contribution >= 4 is 11.4 Å². The van der Waals surface area contributed by atoms with Gasteiger partial charge in [-0.15, -0.1) is 0 Å². The van der Waals surface area contributed by atoms with E-state index in [4.69, 9.17) is 0 Å². The van der Waals surface area contributed by atoms with Crippen molar-refractivity contribution in [3.8, 4) is 0 Å². The van der Waals surface area contributed by atoms with E-state index in [0.717, 1.165) is 17.6 Å². The molecule has 0 aliphatic heterocycles. The first-order valence-corrected chi connectivity index (χ1v) is 7.44. The third-order valence-corrected chi connectivity index (χ3v) is 4.58. The van der Waals surface area contributed by atoms with Gasteiger partial charge in [-0.1, -0.05) is 74.5 Å². The van der Waals surface area contributed by atoms with Gasteiger partial charge in [0.15, 0.2) is 5.78 Å². The molecule has 0 saturated carbocycles. The molecule has 21 heavy (non-hydrogen) atoms. The van der Waals surface area contributed by atoms with Crippen LogP contribution >= 0.6 is 0 Å². The van der Waals surface area contributed by atoms with Crippen molar-refractivity contribution in [2.75, 3.05) is 0 Å². The van der Waals surface area contributed by atoms with Crippen LogP contribution in [0.5, 0.6) is 0 Å². The van der Waals surface area contributed by atoms with Crippen LogP contribution in [0.4, 0.5) is 0 Å². The smallest absolute Gasteiger partial charge is 0.162 e. The van der Waals surface area contributed by atoms with E-state index in [-0.39, 0.29) is 17.1 Å². The average Bonchev–Trinajstić information content (AvgIpc) is 2.51. The van der Waals surface area contributed by atoms with Crippen LogP contribution in [0.2, 0.25) is 0 Å². The summed E-state index contributed by atoms with van der Waals surface area (Å²) in [7, 11) is 0. The van der Waals surface area contributed by atoms with Gasteiger partial charge < -0.3 is 0 Å². The van der Waals surface area contributed by atoms with Crippen molar-refractivity contribution < 1.29 is 4.79 Å². The van der Waals surface area contributed by atoms with Crippen LogP contribution in [0.3, 0.4) is 0 Å². The highest BCUT2D eigenvalue weighted by Crippen LogP contribution is 2.46. The van der Waals surface area contributed by atoms with E-state index in [0.29, 0.717) is 0 Å². The summed E-state index contributed by atoms with van der Waals surface area (Å²) in [5, 5.41) is 0. The van der Waals surface area contributed by atoms with Crippen LogP contribution in [0.1, 0.15) is 37.3 Å². The highest BCUT2D eigenvalue weighted by molar-refractivity contribution is 6.03. The van der Waals surface area contributed by atoms with Gasteiger partial charge in [-0.3, -0.25) is 4.79 Å². The third-order valence-electron chi connectivity index (χ3n) is 4.58. The molecule has 0 aromatic heterocycles. The standard InChI is InChI=1S/C20H20O/c1-20(2)18(16-11-7-4-8-12-16)13-17(14-19(20)21)15-9-5-3-6-10-15/h3-12,14,18H,13H2,1-2H3/t18-/m0/s1. The van der Waals surface area contributed by atoms with Crippen molar-refractivity contribution in [1.29, 1.82) is 0 Å². The molecule has 0 spiro atoms. The Morgan fingerprint density at radius 1 is 0.905 bits per heavy atom. The molecule has 3 rings (SSSR count). The summed E-state index contributed by atoms with van der Waals surface area (Å²) in [5.41, 5.74) is 3.20. The number of carbonyl (C=O) groups excluding carboxylic acids is 1. The summed E-state index contributed by atoms with van der Waals surface area (Å²) in [6, 6.07) is 20.6. The molecule has 1 atom stereocenters. The molecule has 106 valence electrons. The Balaban J connectivity index is 2.03. The van der Waals surface area contributed by atoms with Gasteiger partial charge in [0.25, 0.3) is 0 Å². The second kappa shape index (κ2) is 5.33. The summed E-state index contributed by atoms with van der Waals surface area (Å²) >= 11 is 0. The first-order valence-electron chi connectivity index (χ1n) is 7.44. The quantitative estimate of drug-likeness (QED) is 0.766. The number of hydrogen-bond acceptors (Lipinski definition) is 1. The molecular formula is C20H20O. The maximum atomic E-state index is 12.6. The number of ketones is 1. The molecule has 1 heteroatoms. The Labute approximate surface area is 126 Å². The molecule has 1 aliphatic carbocycles. The number of rotatable bonds is 2. The minimum atomic E-state index is -0.348. The second-order valence-electron chi connectivity index (χ2n) is 6.29. The molecule has 0 bridgehead atoms. The van der Waals surface area contributed by atoms with Gasteiger partial charge in [0, 0.05) is 11.3 Å². The summed E-state index contributed by atoms with van der Waals surface area (Å²) in [5.74, 6) is 0.452. The van der Waals surface area contributed by atoms with Gasteiger partial charge in [-0.25, -0.2) is 0 Å². The van der Waals surface area contributed by atoms with Crippen LogP contribution in [-0.2, 0) is 4.79 Å². The molecule has 0 N–H and O–H groups in total. The molecule has 0 radical (unpaired) electrons. The monoisotopic (exact) mass is 276 g/mol. The SMILES string of the molecule is CC1(C)C(=O)C=C(c2ccccc2)C[C@H]1c1ccccc1. The molecule has 1 aliphatic rings. The van der Waals surface area contributed by atoms with Gasteiger partial charge >= 0.3 is 0 Å². The normalized spacial score (nSPS) is 21.0. The second-order valence-corrected chi connectivity index (χ2v) is 6.29. The topological polar surface area (TPSA) is 17.1 Å².